The van der Waals surface area contributed by atoms with E-state index in [1.807, 2.05) is 0 Å². The molecule has 0 spiro atoms. The average Bonchev–Trinajstić information content (AvgIpc) is 2.71. The lowest BCUT2D eigenvalue weighted by atomic mass is 10.2. The molecule has 0 aromatic heterocycles. The molecular formula is C20H15ClF2N2O4S. The van der Waals surface area contributed by atoms with E-state index in [2.05, 4.69) is 10.0 Å². The van der Waals surface area contributed by atoms with Gasteiger partial charge >= 0.3 is 0 Å². The summed E-state index contributed by atoms with van der Waals surface area (Å²) in [6, 6.07) is 12.5. The Hall–Kier alpha value is -3.17. The Bertz CT molecular complexity index is 1220. The molecule has 1 amide bonds. The number of methoxy groups -OCH3 is 1. The summed E-state index contributed by atoms with van der Waals surface area (Å²) in [4.78, 5) is 12.2. The SMILES string of the molecule is COc1ccc(Cl)cc1NS(=O)(=O)c1cccc(C(=O)Nc2ccc(F)c(F)c2)c1. The standard InChI is InChI=1S/C20H15ClF2N2O4S/c1-29-19-8-5-13(21)10-18(19)25-30(27,28)15-4-2-3-12(9-15)20(26)24-14-6-7-16(22)17(23)11-14/h2-11,25H,1H3,(H,24,26). The molecule has 0 radical (unpaired) electrons. The molecule has 3 rings (SSSR count). The summed E-state index contributed by atoms with van der Waals surface area (Å²) in [5.41, 5.74) is 0.149. The minimum absolute atomic E-state index is 0.000618. The maximum atomic E-state index is 13.3. The van der Waals surface area contributed by atoms with Gasteiger partial charge in [0.15, 0.2) is 11.6 Å². The molecular weight excluding hydrogens is 438 g/mol. The minimum Gasteiger partial charge on any atom is -0.495 e. The predicted molar refractivity (Wildman–Crippen MR) is 110 cm³/mol. The van der Waals surface area contributed by atoms with E-state index in [9.17, 15) is 22.0 Å². The van der Waals surface area contributed by atoms with Crippen LogP contribution in [0.5, 0.6) is 5.75 Å². The van der Waals surface area contributed by atoms with Crippen LogP contribution >= 0.6 is 11.6 Å². The van der Waals surface area contributed by atoms with Gasteiger partial charge in [0, 0.05) is 22.3 Å². The second kappa shape index (κ2) is 8.68. The smallest absolute Gasteiger partial charge is 0.262 e. The Morgan fingerprint density at radius 3 is 2.47 bits per heavy atom. The number of halogens is 3. The molecule has 3 aromatic rings. The van der Waals surface area contributed by atoms with Crippen LogP contribution in [-0.2, 0) is 10.0 Å². The van der Waals surface area contributed by atoms with E-state index in [0.717, 1.165) is 18.2 Å². The van der Waals surface area contributed by atoms with Gasteiger partial charge in [-0.3, -0.25) is 9.52 Å². The van der Waals surface area contributed by atoms with Crippen LogP contribution in [0.4, 0.5) is 20.2 Å². The average molecular weight is 453 g/mol. The molecule has 6 nitrogen and oxygen atoms in total. The van der Waals surface area contributed by atoms with Crippen molar-refractivity contribution in [2.75, 3.05) is 17.1 Å². The van der Waals surface area contributed by atoms with Crippen molar-refractivity contribution in [3.63, 3.8) is 0 Å². The van der Waals surface area contributed by atoms with Gasteiger partial charge in [-0.15, -0.1) is 0 Å². The maximum absolute atomic E-state index is 13.3. The molecule has 0 saturated heterocycles. The predicted octanol–water partition coefficient (Wildman–Crippen LogP) is 4.68. The van der Waals surface area contributed by atoms with Gasteiger partial charge in [0.1, 0.15) is 5.75 Å². The molecule has 0 unspecified atom stereocenters. The van der Waals surface area contributed by atoms with E-state index in [4.69, 9.17) is 16.3 Å². The monoisotopic (exact) mass is 452 g/mol. The van der Waals surface area contributed by atoms with E-state index in [0.29, 0.717) is 5.02 Å². The van der Waals surface area contributed by atoms with E-state index in [-0.39, 0.29) is 27.6 Å². The number of ether oxygens (including phenoxy) is 1. The summed E-state index contributed by atoms with van der Waals surface area (Å²) in [5.74, 6) is -2.61. The summed E-state index contributed by atoms with van der Waals surface area (Å²) in [6.07, 6.45) is 0. The van der Waals surface area contributed by atoms with E-state index in [1.165, 1.54) is 43.5 Å². The van der Waals surface area contributed by atoms with Crippen molar-refractivity contribution >= 4 is 38.9 Å². The molecule has 0 aliphatic heterocycles. The lowest BCUT2D eigenvalue weighted by molar-refractivity contribution is 0.102. The van der Waals surface area contributed by atoms with Gasteiger partial charge in [-0.05, 0) is 48.5 Å². The Kier molecular flexibility index (Phi) is 6.23. The Balaban J connectivity index is 1.85. The third-order valence-corrected chi connectivity index (χ3v) is 5.59. The van der Waals surface area contributed by atoms with Crippen LogP contribution in [0.25, 0.3) is 0 Å². The van der Waals surface area contributed by atoms with Gasteiger partial charge in [0.25, 0.3) is 15.9 Å². The van der Waals surface area contributed by atoms with Gasteiger partial charge < -0.3 is 10.1 Å². The van der Waals surface area contributed by atoms with Gasteiger partial charge in [-0.1, -0.05) is 17.7 Å². The Labute approximate surface area is 176 Å². The first-order chi connectivity index (χ1) is 14.2. The van der Waals surface area contributed by atoms with Crippen LogP contribution in [-0.4, -0.2) is 21.4 Å². The van der Waals surface area contributed by atoms with Gasteiger partial charge in [0.05, 0.1) is 17.7 Å². The molecule has 2 N–H and O–H groups in total. The normalized spacial score (nSPS) is 11.1. The molecule has 0 aliphatic carbocycles. The number of benzene rings is 3. The number of anilines is 2. The van der Waals surface area contributed by atoms with E-state index < -0.39 is 27.6 Å². The molecule has 0 heterocycles. The highest BCUT2D eigenvalue weighted by atomic mass is 35.5. The first-order valence-corrected chi connectivity index (χ1v) is 10.3. The van der Waals surface area contributed by atoms with Crippen molar-refractivity contribution in [1.29, 1.82) is 0 Å². The third-order valence-electron chi connectivity index (χ3n) is 3.99. The van der Waals surface area contributed by atoms with Crippen LogP contribution in [0, 0.1) is 11.6 Å². The summed E-state index contributed by atoms with van der Waals surface area (Å²) in [5, 5.41) is 2.68. The molecule has 0 fully saturated rings. The first kappa shape index (κ1) is 21.5. The van der Waals surface area contributed by atoms with Crippen LogP contribution in [0.1, 0.15) is 10.4 Å². The number of hydrogen-bond donors (Lipinski definition) is 2. The quantitative estimate of drug-likeness (QED) is 0.568. The van der Waals surface area contributed by atoms with Gasteiger partial charge in [-0.2, -0.15) is 0 Å². The summed E-state index contributed by atoms with van der Waals surface area (Å²) in [6.45, 7) is 0. The maximum Gasteiger partial charge on any atom is 0.262 e. The highest BCUT2D eigenvalue weighted by molar-refractivity contribution is 7.92. The van der Waals surface area contributed by atoms with Crippen LogP contribution < -0.4 is 14.8 Å². The lowest BCUT2D eigenvalue weighted by Crippen LogP contribution is -2.16. The Morgan fingerprint density at radius 2 is 1.77 bits per heavy atom. The zero-order chi connectivity index (χ0) is 21.9. The Morgan fingerprint density at radius 1 is 1.00 bits per heavy atom. The molecule has 10 heteroatoms. The lowest BCUT2D eigenvalue weighted by Gasteiger charge is -2.13. The molecule has 0 aliphatic rings. The second-order valence-corrected chi connectivity index (χ2v) is 8.18. The van der Waals surface area contributed by atoms with Crippen molar-refractivity contribution in [2.45, 2.75) is 4.90 Å². The molecule has 0 bridgehead atoms. The molecule has 30 heavy (non-hydrogen) atoms. The summed E-state index contributed by atoms with van der Waals surface area (Å²) in [7, 11) is -2.70. The van der Waals surface area contributed by atoms with Crippen LogP contribution in [0.2, 0.25) is 5.02 Å². The minimum atomic E-state index is -4.08. The molecule has 0 atom stereocenters. The highest BCUT2D eigenvalue weighted by Crippen LogP contribution is 2.30. The van der Waals surface area contributed by atoms with Crippen molar-refractivity contribution in [3.05, 3.63) is 82.9 Å². The number of hydrogen-bond acceptors (Lipinski definition) is 4. The number of carbonyl (C=O) groups excluding carboxylic acids is 1. The van der Waals surface area contributed by atoms with Crippen molar-refractivity contribution < 1.29 is 26.7 Å². The summed E-state index contributed by atoms with van der Waals surface area (Å²) >= 11 is 5.92. The fourth-order valence-electron chi connectivity index (χ4n) is 2.55. The fourth-order valence-corrected chi connectivity index (χ4v) is 3.82. The van der Waals surface area contributed by atoms with Gasteiger partial charge in [0.2, 0.25) is 0 Å². The van der Waals surface area contributed by atoms with Crippen molar-refractivity contribution in [3.8, 4) is 5.75 Å². The second-order valence-electron chi connectivity index (χ2n) is 6.06. The topological polar surface area (TPSA) is 84.5 Å². The van der Waals surface area contributed by atoms with E-state index >= 15 is 0 Å². The first-order valence-electron chi connectivity index (χ1n) is 8.42. The number of rotatable bonds is 6. The van der Waals surface area contributed by atoms with Crippen molar-refractivity contribution in [1.82, 2.24) is 0 Å². The molecule has 0 saturated carbocycles. The highest BCUT2D eigenvalue weighted by Gasteiger charge is 2.19. The molecule has 156 valence electrons. The molecule has 3 aromatic carbocycles. The largest absolute Gasteiger partial charge is 0.495 e. The number of carbonyl (C=O) groups is 1. The summed E-state index contributed by atoms with van der Waals surface area (Å²) < 4.78 is 59.4. The number of nitrogens with one attached hydrogen (secondary N) is 2. The zero-order valence-corrected chi connectivity index (χ0v) is 17.0. The zero-order valence-electron chi connectivity index (χ0n) is 15.4. The fraction of sp³-hybridized carbons (Fsp3) is 0.0500. The van der Waals surface area contributed by atoms with E-state index in [1.54, 1.807) is 6.07 Å². The van der Waals surface area contributed by atoms with Crippen molar-refractivity contribution in [2.24, 2.45) is 0 Å². The number of amides is 1. The van der Waals surface area contributed by atoms with Gasteiger partial charge in [-0.25, -0.2) is 17.2 Å². The van der Waals surface area contributed by atoms with Crippen LogP contribution in [0.15, 0.2) is 65.6 Å². The van der Waals surface area contributed by atoms with Crippen LogP contribution in [0.3, 0.4) is 0 Å². The third kappa shape index (κ3) is 4.87. The number of sulfonamides is 1.